The quantitative estimate of drug-likeness (QED) is 0.448. The van der Waals surface area contributed by atoms with E-state index in [0.29, 0.717) is 35.7 Å². The first-order valence-electron chi connectivity index (χ1n) is 9.92. The molecule has 0 saturated carbocycles. The minimum absolute atomic E-state index is 0.101. The Morgan fingerprint density at radius 2 is 1.76 bits per heavy atom. The van der Waals surface area contributed by atoms with Crippen molar-refractivity contribution in [2.45, 2.75) is 37.2 Å². The van der Waals surface area contributed by atoms with Gasteiger partial charge in [0.05, 0.1) is 6.61 Å². The van der Waals surface area contributed by atoms with Crippen LogP contribution in [0.5, 0.6) is 0 Å². The summed E-state index contributed by atoms with van der Waals surface area (Å²) in [6.45, 7) is 3.96. The number of ether oxygens (including phenoxy) is 1. The van der Waals surface area contributed by atoms with E-state index in [9.17, 15) is 21.6 Å². The Balaban J connectivity index is 1.70. The standard InChI is InChI=1S/C17H32F3N5O3S/c1-21-16(23-15-5-7-24(8-6-15)11-12-28-2)22-13-14-3-9-25(10-4-14)29(26,27)17(18,19)20/h14-15H,3-13H2,1-2H3,(H2,21,22,23). The number of rotatable bonds is 7. The third-order valence-electron chi connectivity index (χ3n) is 5.53. The van der Waals surface area contributed by atoms with E-state index < -0.39 is 15.5 Å². The first-order valence-corrected chi connectivity index (χ1v) is 11.4. The maximum atomic E-state index is 12.6. The molecule has 0 amide bonds. The first-order chi connectivity index (χ1) is 13.7. The van der Waals surface area contributed by atoms with Crippen molar-refractivity contribution < 1.29 is 26.3 Å². The van der Waals surface area contributed by atoms with Crippen molar-refractivity contribution in [2.24, 2.45) is 10.9 Å². The van der Waals surface area contributed by atoms with Gasteiger partial charge in [0.2, 0.25) is 0 Å². The van der Waals surface area contributed by atoms with Crippen molar-refractivity contribution in [3.8, 4) is 0 Å². The van der Waals surface area contributed by atoms with Gasteiger partial charge in [-0.05, 0) is 31.6 Å². The minimum atomic E-state index is -5.23. The highest BCUT2D eigenvalue weighted by atomic mass is 32.2. The second kappa shape index (κ2) is 10.8. The number of nitrogens with zero attached hydrogens (tertiary/aromatic N) is 3. The summed E-state index contributed by atoms with van der Waals surface area (Å²) in [5, 5.41) is 6.63. The molecular formula is C17H32F3N5O3S. The minimum Gasteiger partial charge on any atom is -0.383 e. The van der Waals surface area contributed by atoms with E-state index in [1.807, 2.05) is 0 Å². The molecule has 0 unspecified atom stereocenters. The number of hydrogen-bond acceptors (Lipinski definition) is 5. The Labute approximate surface area is 170 Å². The van der Waals surface area contributed by atoms with Gasteiger partial charge in [-0.2, -0.15) is 17.5 Å². The molecule has 0 spiro atoms. The molecule has 2 aliphatic rings. The fourth-order valence-electron chi connectivity index (χ4n) is 3.65. The molecule has 170 valence electrons. The molecule has 2 fully saturated rings. The van der Waals surface area contributed by atoms with Gasteiger partial charge in [-0.15, -0.1) is 0 Å². The van der Waals surface area contributed by atoms with Gasteiger partial charge in [-0.1, -0.05) is 0 Å². The second-order valence-electron chi connectivity index (χ2n) is 7.50. The molecule has 0 radical (unpaired) electrons. The summed E-state index contributed by atoms with van der Waals surface area (Å²) < 4.78 is 66.5. The molecule has 2 N–H and O–H groups in total. The van der Waals surface area contributed by atoms with Crippen LogP contribution in [-0.4, -0.2) is 95.2 Å². The number of aliphatic imine (C=N–C) groups is 1. The number of nitrogens with one attached hydrogen (secondary N) is 2. The lowest BCUT2D eigenvalue weighted by molar-refractivity contribution is -0.0496. The van der Waals surface area contributed by atoms with Crippen LogP contribution >= 0.6 is 0 Å². The van der Waals surface area contributed by atoms with Gasteiger partial charge < -0.3 is 20.3 Å². The van der Waals surface area contributed by atoms with E-state index in [-0.39, 0.29) is 19.0 Å². The Hall–Kier alpha value is -1.11. The van der Waals surface area contributed by atoms with Gasteiger partial charge in [-0.3, -0.25) is 4.99 Å². The summed E-state index contributed by atoms with van der Waals surface area (Å²) in [6.07, 6.45) is 2.77. The molecular weight excluding hydrogens is 411 g/mol. The monoisotopic (exact) mass is 443 g/mol. The van der Waals surface area contributed by atoms with Crippen molar-refractivity contribution in [3.05, 3.63) is 0 Å². The van der Waals surface area contributed by atoms with Crippen molar-refractivity contribution >= 4 is 16.0 Å². The SMILES string of the molecule is CN=C(NCC1CCN(S(=O)(=O)C(F)(F)F)CC1)NC1CCN(CCOC)CC1. The fraction of sp³-hybridized carbons (Fsp3) is 0.941. The summed E-state index contributed by atoms with van der Waals surface area (Å²) in [4.78, 5) is 6.59. The van der Waals surface area contributed by atoms with Crippen molar-refractivity contribution in [1.29, 1.82) is 0 Å². The predicted octanol–water partition coefficient (Wildman–Crippen LogP) is 0.824. The van der Waals surface area contributed by atoms with Crippen LogP contribution in [0.25, 0.3) is 0 Å². The zero-order valence-electron chi connectivity index (χ0n) is 17.0. The topological polar surface area (TPSA) is 86.3 Å². The van der Waals surface area contributed by atoms with Crippen LogP contribution in [0.15, 0.2) is 4.99 Å². The normalized spacial score (nSPS) is 22.0. The van der Waals surface area contributed by atoms with E-state index in [2.05, 4.69) is 20.5 Å². The lowest BCUT2D eigenvalue weighted by Gasteiger charge is -2.34. The summed E-state index contributed by atoms with van der Waals surface area (Å²) >= 11 is 0. The van der Waals surface area contributed by atoms with Crippen LogP contribution in [0.2, 0.25) is 0 Å². The number of methoxy groups -OCH3 is 1. The molecule has 0 aromatic heterocycles. The molecule has 29 heavy (non-hydrogen) atoms. The zero-order chi connectivity index (χ0) is 21.5. The van der Waals surface area contributed by atoms with Gasteiger partial charge in [-0.25, -0.2) is 8.42 Å². The summed E-state index contributed by atoms with van der Waals surface area (Å²) in [5.74, 6) is 0.773. The van der Waals surface area contributed by atoms with Gasteiger partial charge in [0.25, 0.3) is 0 Å². The molecule has 12 heteroatoms. The van der Waals surface area contributed by atoms with Crippen LogP contribution < -0.4 is 10.6 Å². The highest BCUT2D eigenvalue weighted by Gasteiger charge is 2.50. The largest absolute Gasteiger partial charge is 0.511 e. The first kappa shape index (κ1) is 24.2. The molecule has 0 aliphatic carbocycles. The molecule has 0 bridgehead atoms. The van der Waals surface area contributed by atoms with Crippen molar-refractivity contribution in [3.63, 3.8) is 0 Å². The second-order valence-corrected chi connectivity index (χ2v) is 9.43. The molecule has 8 nitrogen and oxygen atoms in total. The number of guanidine groups is 1. The van der Waals surface area contributed by atoms with Crippen LogP contribution in [0, 0.1) is 5.92 Å². The summed E-state index contributed by atoms with van der Waals surface area (Å²) in [5.41, 5.74) is -5.23. The highest BCUT2D eigenvalue weighted by Crippen LogP contribution is 2.30. The summed E-state index contributed by atoms with van der Waals surface area (Å²) in [7, 11) is -1.84. The number of likely N-dealkylation sites (tertiary alicyclic amines) is 1. The molecule has 2 heterocycles. The van der Waals surface area contributed by atoms with E-state index in [0.717, 1.165) is 39.1 Å². The number of piperidine rings is 2. The fourth-order valence-corrected chi connectivity index (χ4v) is 4.63. The molecule has 2 aliphatic heterocycles. The van der Waals surface area contributed by atoms with Crippen LogP contribution in [0.4, 0.5) is 13.2 Å². The Morgan fingerprint density at radius 1 is 1.14 bits per heavy atom. The van der Waals surface area contributed by atoms with Crippen molar-refractivity contribution in [1.82, 2.24) is 19.8 Å². The van der Waals surface area contributed by atoms with Crippen LogP contribution in [0.1, 0.15) is 25.7 Å². The Kier molecular flexibility index (Phi) is 8.98. The van der Waals surface area contributed by atoms with Gasteiger partial charge in [0, 0.05) is 59.5 Å². The van der Waals surface area contributed by atoms with Gasteiger partial charge in [0.15, 0.2) is 5.96 Å². The van der Waals surface area contributed by atoms with Crippen LogP contribution in [0.3, 0.4) is 0 Å². The van der Waals surface area contributed by atoms with E-state index in [4.69, 9.17) is 4.74 Å². The predicted molar refractivity (Wildman–Crippen MR) is 105 cm³/mol. The number of alkyl halides is 3. The van der Waals surface area contributed by atoms with Crippen molar-refractivity contribution in [2.75, 3.05) is 60.0 Å². The molecule has 0 aromatic carbocycles. The highest BCUT2D eigenvalue weighted by molar-refractivity contribution is 7.90. The Bertz CT molecular complexity index is 629. The average Bonchev–Trinajstić information content (AvgIpc) is 2.70. The van der Waals surface area contributed by atoms with Gasteiger partial charge >= 0.3 is 15.5 Å². The average molecular weight is 444 g/mol. The number of hydrogen-bond donors (Lipinski definition) is 2. The maximum Gasteiger partial charge on any atom is 0.511 e. The number of halogens is 3. The lowest BCUT2D eigenvalue weighted by Crippen LogP contribution is -2.50. The molecule has 0 atom stereocenters. The van der Waals surface area contributed by atoms with Gasteiger partial charge in [0.1, 0.15) is 0 Å². The van der Waals surface area contributed by atoms with E-state index in [1.165, 1.54) is 0 Å². The molecule has 0 aromatic rings. The number of sulfonamides is 1. The third kappa shape index (κ3) is 6.97. The zero-order valence-corrected chi connectivity index (χ0v) is 17.9. The smallest absolute Gasteiger partial charge is 0.383 e. The molecule has 2 rings (SSSR count). The van der Waals surface area contributed by atoms with Crippen LogP contribution in [-0.2, 0) is 14.8 Å². The lowest BCUT2D eigenvalue weighted by atomic mass is 9.98. The van der Waals surface area contributed by atoms with E-state index in [1.54, 1.807) is 14.2 Å². The third-order valence-corrected chi connectivity index (χ3v) is 7.16. The summed E-state index contributed by atoms with van der Waals surface area (Å²) in [6, 6.07) is 0.318. The maximum absolute atomic E-state index is 12.6. The van der Waals surface area contributed by atoms with E-state index >= 15 is 0 Å². The molecule has 2 saturated heterocycles. The Morgan fingerprint density at radius 3 is 2.28 bits per heavy atom.